The largest absolute Gasteiger partial charge is 0.390 e. The van der Waals surface area contributed by atoms with Crippen molar-refractivity contribution in [3.63, 3.8) is 0 Å². The van der Waals surface area contributed by atoms with Crippen LogP contribution in [0.25, 0.3) is 0 Å². The van der Waals surface area contributed by atoms with Crippen molar-refractivity contribution >= 4 is 0 Å². The highest BCUT2D eigenvalue weighted by Gasteiger charge is 2.63. The summed E-state index contributed by atoms with van der Waals surface area (Å²) in [6.45, 7) is 6.92. The molecule has 4 aliphatic rings. The summed E-state index contributed by atoms with van der Waals surface area (Å²) in [6, 6.07) is 0. The van der Waals surface area contributed by atoms with Crippen molar-refractivity contribution in [1.82, 2.24) is 0 Å². The van der Waals surface area contributed by atoms with Crippen LogP contribution in [0.3, 0.4) is 0 Å². The highest BCUT2D eigenvalue weighted by Crippen LogP contribution is 2.68. The molecule has 2 heteroatoms. The molecule has 0 heterocycles. The summed E-state index contributed by atoms with van der Waals surface area (Å²) >= 11 is 0. The Morgan fingerprint density at radius 2 is 1.58 bits per heavy atom. The molecule has 4 fully saturated rings. The van der Waals surface area contributed by atoms with Gasteiger partial charge in [-0.05, 0) is 99.2 Å². The van der Waals surface area contributed by atoms with Gasteiger partial charge in [-0.3, -0.25) is 0 Å². The zero-order valence-corrected chi connectivity index (χ0v) is 15.6. The predicted octanol–water partition coefficient (Wildman–Crippen LogP) is 4.14. The maximum atomic E-state index is 11.0. The van der Waals surface area contributed by atoms with Gasteiger partial charge in [-0.25, -0.2) is 0 Å². The molecule has 0 radical (unpaired) electrons. The van der Waals surface area contributed by atoms with Crippen LogP contribution in [0.1, 0.15) is 78.6 Å². The lowest BCUT2D eigenvalue weighted by atomic mass is 9.43. The molecule has 0 spiro atoms. The molecule has 4 aliphatic carbocycles. The fraction of sp³-hybridized carbons (Fsp3) is 0.909. The lowest BCUT2D eigenvalue weighted by Gasteiger charge is -2.62. The Kier molecular flexibility index (Phi) is 3.54. The third kappa shape index (κ3) is 2.04. The van der Waals surface area contributed by atoms with E-state index in [1.54, 1.807) is 0 Å². The molecular formula is C22H34O2. The Bertz CT molecular complexity index is 575. The SMILES string of the molecule is C#C[C@]1(O)CC[C@@]2(C)[C@@H](CC[C@H]3[C@H]2CC[C@@]2(C)[C@@H]3CC[C@]2(C)O)C1. The molecule has 0 saturated heterocycles. The van der Waals surface area contributed by atoms with Crippen molar-refractivity contribution in [2.45, 2.75) is 89.8 Å². The van der Waals surface area contributed by atoms with E-state index in [0.717, 1.165) is 43.9 Å². The Balaban J connectivity index is 1.62. The van der Waals surface area contributed by atoms with Gasteiger partial charge >= 0.3 is 0 Å². The van der Waals surface area contributed by atoms with E-state index in [1.807, 2.05) is 0 Å². The standard InChI is InChI=1S/C22H34O2/c1-5-22(24)13-12-19(2)15(14-22)6-7-16-17(19)8-10-20(3)18(16)9-11-21(20,4)23/h1,15-18,23-24H,6-14H2,2-4H3/t15-,16-,17+,18+,19-,20-,21-,22-/m0/s1. The van der Waals surface area contributed by atoms with Crippen molar-refractivity contribution in [3.05, 3.63) is 0 Å². The van der Waals surface area contributed by atoms with Gasteiger partial charge in [0, 0.05) is 0 Å². The zero-order chi connectivity index (χ0) is 17.4. The van der Waals surface area contributed by atoms with Gasteiger partial charge in [0.15, 0.2) is 0 Å². The second-order valence-corrected chi connectivity index (χ2v) is 10.3. The molecule has 0 amide bonds. The van der Waals surface area contributed by atoms with Gasteiger partial charge < -0.3 is 10.2 Å². The van der Waals surface area contributed by atoms with Gasteiger partial charge in [-0.1, -0.05) is 19.8 Å². The summed E-state index contributed by atoms with van der Waals surface area (Å²) in [5.41, 5.74) is -0.915. The molecule has 0 unspecified atom stereocenters. The maximum Gasteiger partial charge on any atom is 0.125 e. The van der Waals surface area contributed by atoms with Crippen LogP contribution >= 0.6 is 0 Å². The fourth-order valence-electron chi connectivity index (χ4n) is 7.62. The number of hydrogen-bond donors (Lipinski definition) is 2. The summed E-state index contributed by atoms with van der Waals surface area (Å²) in [5.74, 6) is 5.44. The van der Waals surface area contributed by atoms with Crippen LogP contribution in [0.15, 0.2) is 0 Å². The molecule has 4 rings (SSSR count). The van der Waals surface area contributed by atoms with Crippen LogP contribution in [0.2, 0.25) is 0 Å². The number of terminal acetylenes is 1. The van der Waals surface area contributed by atoms with Crippen LogP contribution in [-0.4, -0.2) is 21.4 Å². The van der Waals surface area contributed by atoms with E-state index < -0.39 is 11.2 Å². The summed E-state index contributed by atoms with van der Waals surface area (Å²) < 4.78 is 0. The first kappa shape index (κ1) is 16.9. The lowest BCUT2D eigenvalue weighted by Crippen LogP contribution is -2.57. The summed E-state index contributed by atoms with van der Waals surface area (Å²) in [5, 5.41) is 21.6. The van der Waals surface area contributed by atoms with Crippen molar-refractivity contribution < 1.29 is 10.2 Å². The van der Waals surface area contributed by atoms with Crippen LogP contribution in [0.4, 0.5) is 0 Å². The van der Waals surface area contributed by atoms with Crippen LogP contribution in [-0.2, 0) is 0 Å². The maximum absolute atomic E-state index is 11.0. The Hall–Kier alpha value is -0.520. The molecule has 0 aromatic carbocycles. The summed E-state index contributed by atoms with van der Waals surface area (Å²) in [4.78, 5) is 0. The van der Waals surface area contributed by atoms with Gasteiger partial charge in [0.05, 0.1) is 5.60 Å². The first-order valence-corrected chi connectivity index (χ1v) is 10.1. The van der Waals surface area contributed by atoms with Crippen LogP contribution in [0, 0.1) is 46.8 Å². The highest BCUT2D eigenvalue weighted by atomic mass is 16.3. The van der Waals surface area contributed by atoms with Gasteiger partial charge in [0.2, 0.25) is 0 Å². The second-order valence-electron chi connectivity index (χ2n) is 10.3. The minimum Gasteiger partial charge on any atom is -0.390 e. The number of hydrogen-bond acceptors (Lipinski definition) is 2. The van der Waals surface area contributed by atoms with Crippen molar-refractivity contribution in [3.8, 4) is 12.3 Å². The predicted molar refractivity (Wildman–Crippen MR) is 96.1 cm³/mol. The Labute approximate surface area is 147 Å². The molecule has 0 aliphatic heterocycles. The molecule has 2 nitrogen and oxygen atoms in total. The van der Waals surface area contributed by atoms with Crippen LogP contribution < -0.4 is 0 Å². The number of fused-ring (bicyclic) bond motifs is 5. The quantitative estimate of drug-likeness (QED) is 0.655. The van der Waals surface area contributed by atoms with E-state index in [-0.39, 0.29) is 5.41 Å². The topological polar surface area (TPSA) is 40.5 Å². The van der Waals surface area contributed by atoms with E-state index in [4.69, 9.17) is 6.42 Å². The van der Waals surface area contributed by atoms with Gasteiger partial charge in [0.1, 0.15) is 5.60 Å². The second kappa shape index (κ2) is 5.01. The number of aliphatic hydroxyl groups is 2. The smallest absolute Gasteiger partial charge is 0.125 e. The average molecular weight is 331 g/mol. The third-order valence-corrected chi connectivity index (χ3v) is 9.56. The molecule has 0 bridgehead atoms. The summed E-state index contributed by atoms with van der Waals surface area (Å²) in [7, 11) is 0. The van der Waals surface area contributed by atoms with E-state index in [1.165, 1.54) is 25.7 Å². The first-order valence-electron chi connectivity index (χ1n) is 10.1. The average Bonchev–Trinajstić information content (AvgIpc) is 2.78. The Morgan fingerprint density at radius 3 is 2.29 bits per heavy atom. The minimum atomic E-state index is -0.864. The van der Waals surface area contributed by atoms with Gasteiger partial charge in [-0.15, -0.1) is 6.42 Å². The third-order valence-electron chi connectivity index (χ3n) is 9.56. The van der Waals surface area contributed by atoms with E-state index in [9.17, 15) is 10.2 Å². The molecule has 134 valence electrons. The van der Waals surface area contributed by atoms with E-state index in [2.05, 4.69) is 26.7 Å². The van der Waals surface area contributed by atoms with E-state index in [0.29, 0.717) is 17.3 Å². The van der Waals surface area contributed by atoms with Crippen molar-refractivity contribution in [2.75, 3.05) is 0 Å². The molecule has 0 aromatic heterocycles. The van der Waals surface area contributed by atoms with E-state index >= 15 is 0 Å². The highest BCUT2D eigenvalue weighted by molar-refractivity contribution is 5.17. The molecule has 2 N–H and O–H groups in total. The summed E-state index contributed by atoms with van der Waals surface area (Å²) in [6.07, 6.45) is 15.3. The van der Waals surface area contributed by atoms with Gasteiger partial charge in [0.25, 0.3) is 0 Å². The number of rotatable bonds is 0. The normalized spacial score (nSPS) is 59.8. The fourth-order valence-corrected chi connectivity index (χ4v) is 7.62. The van der Waals surface area contributed by atoms with Crippen LogP contribution in [0.5, 0.6) is 0 Å². The van der Waals surface area contributed by atoms with Gasteiger partial charge in [-0.2, -0.15) is 0 Å². The Morgan fingerprint density at radius 1 is 0.875 bits per heavy atom. The molecule has 24 heavy (non-hydrogen) atoms. The first-order chi connectivity index (χ1) is 11.2. The minimum absolute atomic E-state index is 0.103. The monoisotopic (exact) mass is 330 g/mol. The molecular weight excluding hydrogens is 296 g/mol. The molecule has 4 saturated carbocycles. The van der Waals surface area contributed by atoms with Crippen molar-refractivity contribution in [2.24, 2.45) is 34.5 Å². The molecule has 8 atom stereocenters. The van der Waals surface area contributed by atoms with Crippen molar-refractivity contribution in [1.29, 1.82) is 0 Å². The molecule has 0 aromatic rings. The lowest BCUT2D eigenvalue weighted by molar-refractivity contribution is -0.159. The zero-order valence-electron chi connectivity index (χ0n) is 15.6.